The number of fused-ring (bicyclic) bond motifs is 1. The number of aromatic carboxylic acids is 1. The maximum absolute atomic E-state index is 11.7. The number of hydrogen-bond acceptors (Lipinski definition) is 5. The topological polar surface area (TPSA) is 106 Å². The van der Waals surface area contributed by atoms with Crippen LogP contribution in [0.1, 0.15) is 56.7 Å². The summed E-state index contributed by atoms with van der Waals surface area (Å²) < 4.78 is 6.40. The van der Waals surface area contributed by atoms with Crippen molar-refractivity contribution in [1.29, 1.82) is 10.8 Å². The minimum Gasteiger partial charge on any atom is -0.478 e. The van der Waals surface area contributed by atoms with Crippen molar-refractivity contribution in [1.82, 2.24) is 0 Å². The number of rotatable bonds is 7. The second-order valence-electron chi connectivity index (χ2n) is 8.22. The fourth-order valence-electron chi connectivity index (χ4n) is 4.08. The van der Waals surface area contributed by atoms with Crippen molar-refractivity contribution in [2.45, 2.75) is 19.9 Å². The van der Waals surface area contributed by atoms with Gasteiger partial charge in [-0.15, -0.1) is 0 Å². The molecule has 0 radical (unpaired) electrons. The number of allylic oxidation sites excluding steroid dienone is 2. The number of ether oxygens (including phenoxy) is 1. The summed E-state index contributed by atoms with van der Waals surface area (Å²) in [6.45, 7) is 8.20. The molecule has 0 fully saturated rings. The first-order chi connectivity index (χ1) is 16.3. The first kappa shape index (κ1) is 22.7. The zero-order valence-electron chi connectivity index (χ0n) is 19.0. The van der Waals surface area contributed by atoms with Crippen molar-refractivity contribution in [2.75, 3.05) is 5.32 Å². The predicted molar refractivity (Wildman–Crippen MR) is 136 cm³/mol. The average Bonchev–Trinajstić information content (AvgIpc) is 2.83. The first-order valence-corrected chi connectivity index (χ1v) is 10.8. The quantitative estimate of drug-likeness (QED) is 0.316. The molecule has 3 aromatic rings. The molecule has 6 heteroatoms. The third kappa shape index (κ3) is 4.26. The number of para-hydroxylation sites is 1. The summed E-state index contributed by atoms with van der Waals surface area (Å²) in [6, 6.07) is 16.1. The monoisotopic (exact) mass is 451 g/mol. The maximum Gasteiger partial charge on any atom is 0.337 e. The number of carboxylic acid groups (broad SMARTS) is 1. The van der Waals surface area contributed by atoms with Gasteiger partial charge in [0.05, 0.1) is 11.6 Å². The van der Waals surface area contributed by atoms with E-state index in [-0.39, 0.29) is 11.6 Å². The number of carboxylic acids is 1. The summed E-state index contributed by atoms with van der Waals surface area (Å²) in [5.74, 6) is 0.264. The highest BCUT2D eigenvalue weighted by Crippen LogP contribution is 2.42. The van der Waals surface area contributed by atoms with Crippen LogP contribution in [0.3, 0.4) is 0 Å². The number of carbonyl (C=O) groups is 1. The summed E-state index contributed by atoms with van der Waals surface area (Å²) in [5.41, 5.74) is 6.38. The number of hydrogen-bond donors (Lipinski definition) is 4. The molecule has 0 aromatic heterocycles. The van der Waals surface area contributed by atoms with Crippen molar-refractivity contribution >= 4 is 35.4 Å². The van der Waals surface area contributed by atoms with Crippen molar-refractivity contribution in [3.05, 3.63) is 106 Å². The average molecular weight is 452 g/mol. The number of aryl methyl sites for hydroxylation is 1. The largest absolute Gasteiger partial charge is 0.478 e. The summed E-state index contributed by atoms with van der Waals surface area (Å²) in [4.78, 5) is 11.7. The van der Waals surface area contributed by atoms with Crippen LogP contribution in [0.5, 0.6) is 5.75 Å². The highest BCUT2D eigenvalue weighted by molar-refractivity contribution is 5.95. The Morgan fingerprint density at radius 1 is 1.09 bits per heavy atom. The van der Waals surface area contributed by atoms with Gasteiger partial charge in [0.25, 0.3) is 0 Å². The summed E-state index contributed by atoms with van der Waals surface area (Å²) in [6.07, 6.45) is 4.31. The van der Waals surface area contributed by atoms with E-state index >= 15 is 0 Å². The van der Waals surface area contributed by atoms with E-state index in [4.69, 9.17) is 15.6 Å². The van der Waals surface area contributed by atoms with Crippen LogP contribution in [0.2, 0.25) is 0 Å². The molecular weight excluding hydrogens is 426 g/mol. The number of benzene rings is 3. The van der Waals surface area contributed by atoms with Crippen LogP contribution in [0.4, 0.5) is 5.69 Å². The SMILES string of the molecule is C=C1C=C(c2ccc(C=N)c(C=N)c2)Oc2c1cc(C)cc2C(C)Nc1ccccc1C(=O)O. The summed E-state index contributed by atoms with van der Waals surface area (Å²) >= 11 is 0. The third-order valence-electron chi connectivity index (χ3n) is 5.80. The Morgan fingerprint density at radius 2 is 1.82 bits per heavy atom. The Morgan fingerprint density at radius 3 is 2.53 bits per heavy atom. The lowest BCUT2D eigenvalue weighted by Gasteiger charge is -2.27. The molecule has 1 aliphatic rings. The van der Waals surface area contributed by atoms with E-state index in [1.165, 1.54) is 12.4 Å². The summed E-state index contributed by atoms with van der Waals surface area (Å²) in [7, 11) is 0. The standard InChI is InChI=1S/C28H25N3O3/c1-16-10-23-17(2)12-26(19-8-9-20(14-29)21(13-19)15-30)34-27(23)24(11-16)18(3)31-25-7-5-4-6-22(25)28(32)33/h4-15,18,29-31H,2H2,1,3H3,(H,32,33). The van der Waals surface area contributed by atoms with E-state index in [1.807, 2.05) is 44.2 Å². The Balaban J connectivity index is 1.74. The van der Waals surface area contributed by atoms with E-state index in [0.29, 0.717) is 28.3 Å². The Hall–Kier alpha value is -4.45. The smallest absolute Gasteiger partial charge is 0.337 e. The zero-order chi connectivity index (χ0) is 24.4. The molecule has 0 saturated carbocycles. The molecule has 6 nitrogen and oxygen atoms in total. The molecule has 3 aromatic carbocycles. The normalized spacial score (nSPS) is 13.2. The van der Waals surface area contributed by atoms with E-state index in [0.717, 1.165) is 27.8 Å². The molecule has 34 heavy (non-hydrogen) atoms. The van der Waals surface area contributed by atoms with Crippen molar-refractivity contribution < 1.29 is 14.6 Å². The molecular formula is C28H25N3O3. The third-order valence-corrected chi connectivity index (χ3v) is 5.80. The van der Waals surface area contributed by atoms with Gasteiger partial charge in [-0.3, -0.25) is 0 Å². The maximum atomic E-state index is 11.7. The molecule has 4 N–H and O–H groups in total. The predicted octanol–water partition coefficient (Wildman–Crippen LogP) is 6.31. The van der Waals surface area contributed by atoms with E-state index in [9.17, 15) is 9.90 Å². The Bertz CT molecular complexity index is 1370. The van der Waals surface area contributed by atoms with Crippen LogP contribution in [0, 0.1) is 17.7 Å². The highest BCUT2D eigenvalue weighted by Gasteiger charge is 2.24. The lowest BCUT2D eigenvalue weighted by molar-refractivity contribution is 0.0698. The van der Waals surface area contributed by atoms with E-state index in [2.05, 4.69) is 11.9 Å². The van der Waals surface area contributed by atoms with Gasteiger partial charge in [0.2, 0.25) is 0 Å². The molecule has 0 saturated heterocycles. The molecule has 0 spiro atoms. The van der Waals surface area contributed by atoms with Gasteiger partial charge in [-0.2, -0.15) is 0 Å². The fourth-order valence-corrected chi connectivity index (χ4v) is 4.08. The first-order valence-electron chi connectivity index (χ1n) is 10.8. The van der Waals surface area contributed by atoms with Crippen LogP contribution < -0.4 is 10.1 Å². The Kier molecular flexibility index (Phi) is 6.15. The highest BCUT2D eigenvalue weighted by atomic mass is 16.5. The second-order valence-corrected chi connectivity index (χ2v) is 8.22. The van der Waals surface area contributed by atoms with Crippen LogP contribution in [0.25, 0.3) is 11.3 Å². The Labute approximate surface area is 198 Å². The number of anilines is 1. The lowest BCUT2D eigenvalue weighted by atomic mass is 9.93. The van der Waals surface area contributed by atoms with Gasteiger partial charge in [0.15, 0.2) is 0 Å². The minimum absolute atomic E-state index is 0.201. The van der Waals surface area contributed by atoms with Gasteiger partial charge in [-0.1, -0.05) is 36.9 Å². The van der Waals surface area contributed by atoms with Crippen LogP contribution >= 0.6 is 0 Å². The molecule has 0 amide bonds. The molecule has 0 aliphatic carbocycles. The minimum atomic E-state index is -0.994. The van der Waals surface area contributed by atoms with Gasteiger partial charge in [-0.25, -0.2) is 4.79 Å². The van der Waals surface area contributed by atoms with Crippen molar-refractivity contribution in [3.8, 4) is 5.75 Å². The lowest BCUT2D eigenvalue weighted by Crippen LogP contribution is -2.14. The second kappa shape index (κ2) is 9.19. The van der Waals surface area contributed by atoms with Gasteiger partial charge >= 0.3 is 5.97 Å². The van der Waals surface area contributed by atoms with E-state index in [1.54, 1.807) is 30.3 Å². The molecule has 0 bridgehead atoms. The van der Waals surface area contributed by atoms with Gasteiger partial charge in [0, 0.05) is 45.9 Å². The van der Waals surface area contributed by atoms with Crippen molar-refractivity contribution in [2.24, 2.45) is 0 Å². The van der Waals surface area contributed by atoms with Gasteiger partial charge in [0.1, 0.15) is 11.5 Å². The zero-order valence-corrected chi connectivity index (χ0v) is 19.0. The summed E-state index contributed by atoms with van der Waals surface area (Å²) in [5, 5.41) is 28.1. The van der Waals surface area contributed by atoms with Crippen LogP contribution in [-0.4, -0.2) is 23.5 Å². The molecule has 1 unspecified atom stereocenters. The van der Waals surface area contributed by atoms with E-state index < -0.39 is 5.97 Å². The van der Waals surface area contributed by atoms with Crippen LogP contribution in [-0.2, 0) is 0 Å². The molecule has 170 valence electrons. The van der Waals surface area contributed by atoms with Gasteiger partial charge < -0.3 is 26.0 Å². The molecule has 1 heterocycles. The van der Waals surface area contributed by atoms with Crippen LogP contribution in [0.15, 0.2) is 67.3 Å². The molecule has 1 aliphatic heterocycles. The molecule has 1 atom stereocenters. The number of nitrogens with one attached hydrogen (secondary N) is 3. The molecule has 4 rings (SSSR count). The fraction of sp³-hybridized carbons (Fsp3) is 0.107. The van der Waals surface area contributed by atoms with Gasteiger partial charge in [-0.05, 0) is 55.3 Å². The van der Waals surface area contributed by atoms with Crippen molar-refractivity contribution in [3.63, 3.8) is 0 Å².